The first-order valence-corrected chi connectivity index (χ1v) is 11.0. The quantitative estimate of drug-likeness (QED) is 0.475. The van der Waals surface area contributed by atoms with E-state index in [1.165, 1.54) is 15.4 Å². The fourth-order valence-electron chi connectivity index (χ4n) is 2.97. The van der Waals surface area contributed by atoms with E-state index >= 15 is 0 Å². The Morgan fingerprint density at radius 3 is 1.96 bits per heavy atom. The minimum atomic E-state index is -1.14. The Morgan fingerprint density at radius 2 is 1.33 bits per heavy atom. The van der Waals surface area contributed by atoms with Crippen LogP contribution in [0.25, 0.3) is 11.1 Å². The third kappa shape index (κ3) is 4.49. The van der Waals surface area contributed by atoms with E-state index in [0.29, 0.717) is 0 Å². The van der Waals surface area contributed by atoms with Crippen molar-refractivity contribution < 1.29 is 4.21 Å². The number of thioether (sulfide) groups is 1. The van der Waals surface area contributed by atoms with E-state index < -0.39 is 10.8 Å². The van der Waals surface area contributed by atoms with E-state index in [-0.39, 0.29) is 0 Å². The van der Waals surface area contributed by atoms with Gasteiger partial charge in [-0.1, -0.05) is 72.5 Å². The molecule has 0 fully saturated rings. The zero-order valence-corrected chi connectivity index (χ0v) is 16.5. The Kier molecular flexibility index (Phi) is 5.71. The Bertz CT molecular complexity index is 985. The summed E-state index contributed by atoms with van der Waals surface area (Å²) in [4.78, 5) is 4.23. The Labute approximate surface area is 167 Å². The summed E-state index contributed by atoms with van der Waals surface area (Å²) < 4.78 is 12.6. The highest BCUT2D eigenvalue weighted by Crippen LogP contribution is 2.32. The first kappa shape index (κ1) is 18.0. The minimum absolute atomic E-state index is 0.827. The zero-order chi connectivity index (χ0) is 18.5. The molecular weight excluding hydrogens is 368 g/mol. The number of hydrogen-bond acceptors (Lipinski definition) is 2. The lowest BCUT2D eigenvalue weighted by molar-refractivity contribution is 0.683. The Balaban J connectivity index is 1.48. The van der Waals surface area contributed by atoms with Crippen LogP contribution in [0.1, 0.15) is 12.8 Å². The molecule has 4 rings (SSSR count). The molecule has 134 valence electrons. The second-order valence-electron chi connectivity index (χ2n) is 6.32. The average Bonchev–Trinajstić information content (AvgIpc) is 2.75. The summed E-state index contributed by atoms with van der Waals surface area (Å²) in [6.45, 7) is 0. The van der Waals surface area contributed by atoms with E-state index in [9.17, 15) is 4.21 Å². The van der Waals surface area contributed by atoms with Crippen LogP contribution in [0.2, 0.25) is 0 Å². The highest BCUT2D eigenvalue weighted by atomic mass is 32.2. The van der Waals surface area contributed by atoms with Gasteiger partial charge in [0.05, 0.1) is 10.8 Å². The van der Waals surface area contributed by atoms with Gasteiger partial charge in [0.15, 0.2) is 0 Å². The predicted molar refractivity (Wildman–Crippen MR) is 115 cm³/mol. The first-order chi connectivity index (χ1) is 13.3. The molecule has 0 saturated heterocycles. The van der Waals surface area contributed by atoms with Crippen LogP contribution in [-0.2, 0) is 10.8 Å². The molecule has 1 aliphatic rings. The van der Waals surface area contributed by atoms with Gasteiger partial charge >= 0.3 is 0 Å². The summed E-state index contributed by atoms with van der Waals surface area (Å²) in [5.74, 6) is 0. The fraction of sp³-hybridized carbons (Fsp3) is 0.0833. The van der Waals surface area contributed by atoms with Crippen LogP contribution in [0.15, 0.2) is 117 Å². The predicted octanol–water partition coefficient (Wildman–Crippen LogP) is 6.85. The van der Waals surface area contributed by atoms with Crippen LogP contribution in [0.3, 0.4) is 0 Å². The summed E-state index contributed by atoms with van der Waals surface area (Å²) in [5.41, 5.74) is 2.31. The van der Waals surface area contributed by atoms with Crippen LogP contribution in [-0.4, -0.2) is 4.21 Å². The molecule has 0 N–H and O–H groups in total. The summed E-state index contributed by atoms with van der Waals surface area (Å²) in [6, 6.07) is 26.2. The fourth-order valence-corrected chi connectivity index (χ4v) is 4.94. The van der Waals surface area contributed by atoms with E-state index in [1.807, 2.05) is 54.6 Å². The van der Waals surface area contributed by atoms with Gasteiger partial charge < -0.3 is 0 Å². The maximum atomic E-state index is 12.6. The van der Waals surface area contributed by atoms with Crippen LogP contribution >= 0.6 is 11.8 Å². The molecule has 0 bridgehead atoms. The van der Waals surface area contributed by atoms with Crippen molar-refractivity contribution in [2.75, 3.05) is 0 Å². The van der Waals surface area contributed by atoms with Gasteiger partial charge in [0.25, 0.3) is 0 Å². The summed E-state index contributed by atoms with van der Waals surface area (Å²) >= 11 is 1.81. The maximum Gasteiger partial charge on any atom is 0.0849 e. The standard InChI is InChI=1S/C24H20OS2/c25-27(23-9-5-2-6-10-23)24-17-13-20(14-18-24)19-11-15-22(16-12-19)26-21-7-3-1-4-8-21/h2-3,5-18H,1,4H2. The van der Waals surface area contributed by atoms with Crippen molar-refractivity contribution in [1.82, 2.24) is 0 Å². The van der Waals surface area contributed by atoms with Gasteiger partial charge in [-0.2, -0.15) is 0 Å². The second-order valence-corrected chi connectivity index (χ2v) is 8.95. The van der Waals surface area contributed by atoms with Gasteiger partial charge in [0, 0.05) is 19.6 Å². The molecule has 27 heavy (non-hydrogen) atoms. The monoisotopic (exact) mass is 388 g/mol. The lowest BCUT2D eigenvalue weighted by atomic mass is 10.1. The van der Waals surface area contributed by atoms with Crippen LogP contribution in [0.5, 0.6) is 0 Å². The summed E-state index contributed by atoms with van der Waals surface area (Å²) in [7, 11) is -1.14. The first-order valence-electron chi connectivity index (χ1n) is 9.01. The summed E-state index contributed by atoms with van der Waals surface area (Å²) in [5, 5.41) is 0. The average molecular weight is 389 g/mol. The minimum Gasteiger partial charge on any atom is -0.249 e. The van der Waals surface area contributed by atoms with Crippen molar-refractivity contribution in [3.63, 3.8) is 0 Å². The SMILES string of the molecule is O=S(c1ccccc1)c1ccc(-c2ccc(SC3=CCCC=C3)cc2)cc1. The molecule has 1 unspecified atom stereocenters. The second kappa shape index (κ2) is 8.55. The molecule has 0 spiro atoms. The lowest BCUT2D eigenvalue weighted by Crippen LogP contribution is -1.92. The highest BCUT2D eigenvalue weighted by Gasteiger charge is 2.07. The van der Waals surface area contributed by atoms with E-state index in [4.69, 9.17) is 0 Å². The lowest BCUT2D eigenvalue weighted by Gasteiger charge is -2.08. The molecule has 1 atom stereocenters. The topological polar surface area (TPSA) is 17.1 Å². The van der Waals surface area contributed by atoms with Crippen molar-refractivity contribution in [1.29, 1.82) is 0 Å². The Morgan fingerprint density at radius 1 is 0.704 bits per heavy atom. The van der Waals surface area contributed by atoms with Crippen molar-refractivity contribution in [3.8, 4) is 11.1 Å². The molecule has 0 aliphatic heterocycles. The van der Waals surface area contributed by atoms with Crippen LogP contribution < -0.4 is 0 Å². The van der Waals surface area contributed by atoms with Crippen molar-refractivity contribution in [2.45, 2.75) is 27.5 Å². The van der Waals surface area contributed by atoms with Gasteiger partial charge in [-0.15, -0.1) is 0 Å². The molecule has 1 nitrogen and oxygen atoms in total. The van der Waals surface area contributed by atoms with Crippen molar-refractivity contribution >= 4 is 22.6 Å². The third-order valence-electron chi connectivity index (χ3n) is 4.41. The Hall–Kier alpha value is -2.36. The van der Waals surface area contributed by atoms with E-state index in [1.54, 1.807) is 11.8 Å². The molecule has 0 heterocycles. The van der Waals surface area contributed by atoms with Gasteiger partial charge in [-0.05, 0) is 60.4 Å². The van der Waals surface area contributed by atoms with Crippen LogP contribution in [0, 0.1) is 0 Å². The number of hydrogen-bond donors (Lipinski definition) is 0. The molecule has 1 aliphatic carbocycles. The molecule has 0 radical (unpaired) electrons. The maximum absolute atomic E-state index is 12.6. The number of allylic oxidation sites excluding steroid dienone is 3. The normalized spacial score (nSPS) is 14.6. The highest BCUT2D eigenvalue weighted by molar-refractivity contribution is 8.03. The van der Waals surface area contributed by atoms with Crippen molar-refractivity contribution in [3.05, 3.63) is 102 Å². The number of rotatable bonds is 5. The molecule has 3 aromatic rings. The smallest absolute Gasteiger partial charge is 0.0849 e. The molecular formula is C24H20OS2. The van der Waals surface area contributed by atoms with Gasteiger partial charge in [-0.25, -0.2) is 4.21 Å². The van der Waals surface area contributed by atoms with Gasteiger partial charge in [-0.3, -0.25) is 0 Å². The van der Waals surface area contributed by atoms with Gasteiger partial charge in [0.2, 0.25) is 0 Å². The zero-order valence-electron chi connectivity index (χ0n) is 14.9. The van der Waals surface area contributed by atoms with Gasteiger partial charge in [0.1, 0.15) is 0 Å². The number of benzene rings is 3. The van der Waals surface area contributed by atoms with Crippen LogP contribution in [0.4, 0.5) is 0 Å². The molecule has 0 aromatic heterocycles. The molecule has 3 aromatic carbocycles. The molecule has 0 saturated carbocycles. The molecule has 0 amide bonds. The van der Waals surface area contributed by atoms with Crippen molar-refractivity contribution in [2.24, 2.45) is 0 Å². The summed E-state index contributed by atoms with van der Waals surface area (Å²) in [6.07, 6.45) is 9.01. The van der Waals surface area contributed by atoms with E-state index in [0.717, 1.165) is 28.2 Å². The third-order valence-corrected chi connectivity index (χ3v) is 6.86. The largest absolute Gasteiger partial charge is 0.249 e. The molecule has 3 heteroatoms. The van der Waals surface area contributed by atoms with E-state index in [2.05, 4.69) is 42.5 Å².